The van der Waals surface area contributed by atoms with E-state index in [1.165, 1.54) is 6.07 Å². The predicted octanol–water partition coefficient (Wildman–Crippen LogP) is 1.96. The van der Waals surface area contributed by atoms with Gasteiger partial charge in [-0.15, -0.1) is 11.3 Å². The second-order valence-electron chi connectivity index (χ2n) is 2.75. The Kier molecular flexibility index (Phi) is 5.42. The van der Waals surface area contributed by atoms with Gasteiger partial charge in [-0.3, -0.25) is 0 Å². The van der Waals surface area contributed by atoms with Gasteiger partial charge in [0, 0.05) is 13.1 Å². The van der Waals surface area contributed by atoms with Crippen molar-refractivity contribution in [2.24, 2.45) is 5.73 Å². The summed E-state index contributed by atoms with van der Waals surface area (Å²) in [5, 5.41) is 0.392. The summed E-state index contributed by atoms with van der Waals surface area (Å²) in [4.78, 5) is 0. The van der Waals surface area contributed by atoms with Crippen molar-refractivity contribution in [3.8, 4) is 0 Å². The van der Waals surface area contributed by atoms with Crippen molar-refractivity contribution < 1.29 is 8.42 Å². The number of halogens is 2. The minimum absolute atomic E-state index is 0.186. The second-order valence-corrected chi connectivity index (χ2v) is 7.52. The highest BCUT2D eigenvalue weighted by molar-refractivity contribution is 9.11. The topological polar surface area (TPSA) is 72.2 Å². The van der Waals surface area contributed by atoms with Crippen molar-refractivity contribution in [1.29, 1.82) is 0 Å². The lowest BCUT2D eigenvalue weighted by Gasteiger charge is -2.00. The molecule has 3 N–H and O–H groups in total. The molecule has 0 aliphatic carbocycles. The van der Waals surface area contributed by atoms with Crippen LogP contribution in [0, 0.1) is 0 Å². The van der Waals surface area contributed by atoms with Crippen LogP contribution in [0.2, 0.25) is 5.02 Å². The zero-order valence-corrected chi connectivity index (χ0v) is 12.1. The van der Waals surface area contributed by atoms with Crippen LogP contribution in [0.4, 0.5) is 0 Å². The van der Waals surface area contributed by atoms with Gasteiger partial charge >= 0.3 is 0 Å². The molecule has 0 aromatic carbocycles. The Hall–Kier alpha value is 0.0800. The Labute approximate surface area is 112 Å². The summed E-state index contributed by atoms with van der Waals surface area (Å²) in [7, 11) is -3.48. The highest BCUT2D eigenvalue weighted by atomic mass is 79.9. The molecule has 8 heteroatoms. The first-order chi connectivity index (χ1) is 7.47. The third kappa shape index (κ3) is 3.83. The second kappa shape index (κ2) is 6.13. The van der Waals surface area contributed by atoms with Gasteiger partial charge < -0.3 is 5.73 Å². The van der Waals surface area contributed by atoms with E-state index in [9.17, 15) is 8.42 Å². The van der Waals surface area contributed by atoms with Crippen LogP contribution in [-0.2, 0) is 10.0 Å². The molecule has 0 radical (unpaired) electrons. The molecule has 1 aromatic rings. The van der Waals surface area contributed by atoms with E-state index in [2.05, 4.69) is 20.7 Å². The van der Waals surface area contributed by atoms with E-state index < -0.39 is 10.0 Å². The molecular weight excluding hydrogens is 336 g/mol. The number of rotatable bonds is 5. The molecule has 0 amide bonds. The number of nitrogens with two attached hydrogens (primary N) is 1. The fourth-order valence-electron chi connectivity index (χ4n) is 0.868. The van der Waals surface area contributed by atoms with E-state index in [0.717, 1.165) is 11.3 Å². The Morgan fingerprint density at radius 2 is 2.25 bits per heavy atom. The van der Waals surface area contributed by atoms with Crippen molar-refractivity contribution in [3.63, 3.8) is 0 Å². The predicted molar refractivity (Wildman–Crippen MR) is 70.4 cm³/mol. The molecule has 1 heterocycles. The molecule has 0 saturated carbocycles. The highest BCUT2D eigenvalue weighted by Crippen LogP contribution is 2.34. The van der Waals surface area contributed by atoms with E-state index in [4.69, 9.17) is 17.3 Å². The summed E-state index contributed by atoms with van der Waals surface area (Å²) in [5.41, 5.74) is 5.23. The van der Waals surface area contributed by atoms with E-state index in [-0.39, 0.29) is 10.8 Å². The van der Waals surface area contributed by atoms with Crippen molar-refractivity contribution in [2.45, 2.75) is 4.21 Å². The van der Waals surface area contributed by atoms with Crippen LogP contribution in [0.3, 0.4) is 0 Å². The molecule has 0 atom stereocenters. The Bertz CT molecular complexity index is 465. The van der Waals surface area contributed by atoms with Crippen molar-refractivity contribution >= 4 is 48.9 Å². The van der Waals surface area contributed by atoms with Gasteiger partial charge in [0.1, 0.15) is 4.21 Å². The summed E-state index contributed by atoms with van der Waals surface area (Å²) in [6.07, 6.45) is 3.33. The SMILES string of the molecule is NC/C=C/CNS(=O)(=O)c1cc(Cl)c(Br)s1. The van der Waals surface area contributed by atoms with Gasteiger partial charge in [-0.1, -0.05) is 23.8 Å². The highest BCUT2D eigenvalue weighted by Gasteiger charge is 2.17. The van der Waals surface area contributed by atoms with Crippen molar-refractivity contribution in [2.75, 3.05) is 13.1 Å². The molecule has 16 heavy (non-hydrogen) atoms. The molecule has 0 unspecified atom stereocenters. The largest absolute Gasteiger partial charge is 0.327 e. The van der Waals surface area contributed by atoms with Crippen LogP contribution in [0.1, 0.15) is 0 Å². The summed E-state index contributed by atoms with van der Waals surface area (Å²) >= 11 is 10.00. The zero-order chi connectivity index (χ0) is 12.2. The molecule has 4 nitrogen and oxygen atoms in total. The summed E-state index contributed by atoms with van der Waals surface area (Å²) in [6, 6.07) is 1.41. The molecular formula is C8H10BrClN2O2S2. The molecule has 1 aromatic heterocycles. The zero-order valence-electron chi connectivity index (χ0n) is 8.11. The van der Waals surface area contributed by atoms with Gasteiger partial charge in [-0.05, 0) is 22.0 Å². The Balaban J connectivity index is 2.74. The minimum atomic E-state index is -3.48. The molecule has 90 valence electrons. The molecule has 0 spiro atoms. The number of hydrogen-bond acceptors (Lipinski definition) is 4. The number of hydrogen-bond donors (Lipinski definition) is 2. The lowest BCUT2D eigenvalue weighted by atomic mass is 10.5. The van der Waals surface area contributed by atoms with Crippen LogP contribution in [0.15, 0.2) is 26.2 Å². The fourth-order valence-corrected chi connectivity index (χ4v) is 4.29. The average molecular weight is 346 g/mol. The third-order valence-corrected chi connectivity index (χ3v) is 5.95. The fraction of sp³-hybridized carbons (Fsp3) is 0.250. The molecule has 0 saturated heterocycles. The molecule has 0 aliphatic rings. The number of nitrogens with one attached hydrogen (secondary N) is 1. The lowest BCUT2D eigenvalue weighted by molar-refractivity contribution is 0.587. The molecule has 1 rings (SSSR count). The Morgan fingerprint density at radius 1 is 1.56 bits per heavy atom. The van der Waals surface area contributed by atoms with Gasteiger partial charge in [0.25, 0.3) is 0 Å². The maximum absolute atomic E-state index is 11.7. The van der Waals surface area contributed by atoms with Gasteiger partial charge in [0.2, 0.25) is 10.0 Å². The van der Waals surface area contributed by atoms with Crippen LogP contribution in [-0.4, -0.2) is 21.5 Å². The summed E-state index contributed by atoms with van der Waals surface area (Å²) in [6.45, 7) is 0.602. The average Bonchev–Trinajstić information content (AvgIpc) is 2.55. The van der Waals surface area contributed by atoms with Crippen LogP contribution in [0.25, 0.3) is 0 Å². The Morgan fingerprint density at radius 3 is 2.75 bits per heavy atom. The van der Waals surface area contributed by atoms with Gasteiger partial charge in [0.05, 0.1) is 8.81 Å². The normalized spacial score (nSPS) is 12.4. The standard InChI is InChI=1S/C8H10BrClN2O2S2/c9-8-6(10)5-7(15-8)16(13,14)12-4-2-1-3-11/h1-2,5,12H,3-4,11H2/b2-1+. The lowest BCUT2D eigenvalue weighted by Crippen LogP contribution is -2.22. The van der Waals surface area contributed by atoms with Gasteiger partial charge in [0.15, 0.2) is 0 Å². The van der Waals surface area contributed by atoms with Crippen LogP contribution in [0.5, 0.6) is 0 Å². The third-order valence-electron chi connectivity index (χ3n) is 1.58. The van der Waals surface area contributed by atoms with Crippen molar-refractivity contribution in [1.82, 2.24) is 4.72 Å². The van der Waals surface area contributed by atoms with Crippen molar-refractivity contribution in [3.05, 3.63) is 27.0 Å². The summed E-state index contributed by atoms with van der Waals surface area (Å²) < 4.78 is 26.6. The van der Waals surface area contributed by atoms with E-state index in [1.54, 1.807) is 12.2 Å². The van der Waals surface area contributed by atoms with Crippen LogP contribution < -0.4 is 10.5 Å². The maximum atomic E-state index is 11.7. The quantitative estimate of drug-likeness (QED) is 0.801. The van der Waals surface area contributed by atoms with Gasteiger partial charge in [-0.25, -0.2) is 13.1 Å². The molecule has 0 fully saturated rings. The van der Waals surface area contributed by atoms with E-state index in [0.29, 0.717) is 15.4 Å². The monoisotopic (exact) mass is 344 g/mol. The minimum Gasteiger partial charge on any atom is -0.327 e. The van der Waals surface area contributed by atoms with Crippen LogP contribution >= 0.6 is 38.9 Å². The first-order valence-electron chi connectivity index (χ1n) is 4.27. The number of sulfonamides is 1. The smallest absolute Gasteiger partial charge is 0.250 e. The van der Waals surface area contributed by atoms with Gasteiger partial charge in [-0.2, -0.15) is 0 Å². The maximum Gasteiger partial charge on any atom is 0.250 e. The summed E-state index contributed by atoms with van der Waals surface area (Å²) in [5.74, 6) is 0. The van der Waals surface area contributed by atoms with E-state index in [1.807, 2.05) is 0 Å². The first kappa shape index (κ1) is 14.1. The van der Waals surface area contributed by atoms with E-state index >= 15 is 0 Å². The first-order valence-corrected chi connectivity index (χ1v) is 7.74. The number of thiophene rings is 1. The molecule has 0 bridgehead atoms. The molecule has 0 aliphatic heterocycles.